The van der Waals surface area contributed by atoms with Gasteiger partial charge in [0.15, 0.2) is 0 Å². The molecule has 0 N–H and O–H groups in total. The molecular formula is C12H12CrO5. The van der Waals surface area contributed by atoms with E-state index in [1.54, 1.807) is 0 Å². The molecule has 0 rings (SSSR count). The van der Waals surface area contributed by atoms with Crippen molar-refractivity contribution >= 4 is 4.54 Å². The van der Waals surface area contributed by atoms with Crippen LogP contribution in [0.25, 0.3) is 0 Å². The van der Waals surface area contributed by atoms with E-state index in [-0.39, 0.29) is 5.41 Å². The average molecular weight is 288 g/mol. The van der Waals surface area contributed by atoms with Crippen LogP contribution in [0.3, 0.4) is 0 Å². The standard InChI is InChI=1S/C7H12.5CO.Cr/c1-6(2)7(3,4)5;5*1-2;/h1,3-5H3;;;;;;. The van der Waals surface area contributed by atoms with Crippen LogP contribution in [0.5, 0.6) is 0 Å². The fourth-order valence-electron chi connectivity index (χ4n) is 0.153. The molecule has 0 bridgehead atoms. The van der Waals surface area contributed by atoms with Gasteiger partial charge in [0.1, 0.15) is 0 Å². The second-order valence-electron chi connectivity index (χ2n) is 2.98. The van der Waals surface area contributed by atoms with Crippen molar-refractivity contribution in [3.05, 3.63) is 38.8 Å². The molecule has 96 valence electrons. The Morgan fingerprint density at radius 2 is 0.944 bits per heavy atom. The number of hydrogen-bond acceptors (Lipinski definition) is 0. The van der Waals surface area contributed by atoms with Gasteiger partial charge in [-0.2, -0.15) is 0 Å². The predicted octanol–water partition coefficient (Wildman–Crippen LogP) is 1.74. The first kappa shape index (κ1) is 36.0. The predicted molar refractivity (Wildman–Crippen MR) is 53.3 cm³/mol. The summed E-state index contributed by atoms with van der Waals surface area (Å²) in [5.41, 5.74) is 1.56. The molecule has 0 fully saturated rings. The Bertz CT molecular complexity index is 260. The van der Waals surface area contributed by atoms with Crippen LogP contribution in [-0.2, 0) is 39.1 Å². The Morgan fingerprint density at radius 1 is 0.778 bits per heavy atom. The van der Waals surface area contributed by atoms with Crippen molar-refractivity contribution in [3.8, 4) is 0 Å². The van der Waals surface area contributed by atoms with E-state index in [0.717, 1.165) is 0 Å². The minimum absolute atomic E-state index is 0.283. The molecule has 0 aromatic heterocycles. The molecule has 0 radical (unpaired) electrons. The van der Waals surface area contributed by atoms with E-state index < -0.39 is 0 Å². The first-order chi connectivity index (χ1) is 8.48. The van der Waals surface area contributed by atoms with Gasteiger partial charge in [0, 0.05) is 0 Å². The van der Waals surface area contributed by atoms with Crippen LogP contribution in [0.2, 0.25) is 0 Å². The summed E-state index contributed by atoms with van der Waals surface area (Å²) in [5, 5.41) is 0. The monoisotopic (exact) mass is 288 g/mol. The van der Waals surface area contributed by atoms with E-state index in [2.05, 4.69) is 81.3 Å². The fraction of sp³-hybridized carbons (Fsp3) is 0.417. The molecule has 0 saturated carbocycles. The molecule has 0 amide bonds. The van der Waals surface area contributed by atoms with E-state index in [1.807, 2.05) is 0 Å². The first-order valence-corrected chi connectivity index (χ1v) is 4.36. The van der Waals surface area contributed by atoms with Gasteiger partial charge in [-0.05, 0) is 0 Å². The van der Waals surface area contributed by atoms with Gasteiger partial charge in [-0.3, -0.25) is 0 Å². The van der Waals surface area contributed by atoms with Crippen molar-refractivity contribution in [1.82, 2.24) is 0 Å². The van der Waals surface area contributed by atoms with E-state index >= 15 is 0 Å². The van der Waals surface area contributed by atoms with E-state index in [4.69, 9.17) is 23.3 Å². The summed E-state index contributed by atoms with van der Waals surface area (Å²) in [7, 11) is 0. The van der Waals surface area contributed by atoms with Crippen molar-refractivity contribution < 1.29 is 39.1 Å². The summed E-state index contributed by atoms with van der Waals surface area (Å²) in [4.78, 5) is 0. The molecule has 0 spiro atoms. The zero-order chi connectivity index (χ0) is 16.8. The van der Waals surface area contributed by atoms with Crippen LogP contribution >= 0.6 is 0 Å². The van der Waals surface area contributed by atoms with Gasteiger partial charge in [0.2, 0.25) is 0 Å². The molecule has 0 aromatic rings. The SMILES string of the molecule is CC(=[C]=[Cr])C(C)(C)C.[C-]#[O+].[C-]#[O+].[C-]#[O+].[C-]#[O+].[C-]#[O+]. The van der Waals surface area contributed by atoms with Crippen molar-refractivity contribution in [1.29, 1.82) is 0 Å². The summed E-state index contributed by atoms with van der Waals surface area (Å²) in [6.07, 6.45) is 0. The third-order valence-corrected chi connectivity index (χ3v) is 1.76. The van der Waals surface area contributed by atoms with Gasteiger partial charge in [-0.15, -0.1) is 0 Å². The second-order valence-corrected chi connectivity index (χ2v) is 3.30. The van der Waals surface area contributed by atoms with Crippen molar-refractivity contribution in [3.63, 3.8) is 0 Å². The first-order valence-electron chi connectivity index (χ1n) is 3.72. The molecular weight excluding hydrogens is 276 g/mol. The van der Waals surface area contributed by atoms with Crippen LogP contribution in [0.4, 0.5) is 0 Å². The van der Waals surface area contributed by atoms with Gasteiger partial charge in [-0.25, -0.2) is 0 Å². The average Bonchev–Trinajstić information content (AvgIpc) is 2.47. The third kappa shape index (κ3) is 60.6. The molecule has 0 atom stereocenters. The summed E-state index contributed by atoms with van der Waals surface area (Å²) in [5.74, 6) is 0. The molecule has 0 unspecified atom stereocenters. The molecule has 6 heteroatoms. The molecule has 0 aromatic carbocycles. The van der Waals surface area contributed by atoms with Gasteiger partial charge in [0.05, 0.1) is 0 Å². The Labute approximate surface area is 116 Å². The normalized spacial score (nSPS) is 5.22. The molecule has 0 saturated heterocycles. The van der Waals surface area contributed by atoms with E-state index in [1.165, 1.54) is 5.57 Å². The number of hydrogen-bond donors (Lipinski definition) is 0. The van der Waals surface area contributed by atoms with Crippen LogP contribution in [0.1, 0.15) is 27.7 Å². The number of rotatable bonds is 0. The minimum atomic E-state index is 0.283. The summed E-state index contributed by atoms with van der Waals surface area (Å²) in [6.45, 7) is 31.1. The van der Waals surface area contributed by atoms with Crippen molar-refractivity contribution in [2.75, 3.05) is 0 Å². The summed E-state index contributed by atoms with van der Waals surface area (Å²) in [6, 6.07) is 0. The Balaban J connectivity index is -0.0000000304. The molecule has 5 nitrogen and oxygen atoms in total. The topological polar surface area (TPSA) is 99.5 Å². The van der Waals surface area contributed by atoms with Gasteiger partial charge in [-0.1, -0.05) is 0 Å². The van der Waals surface area contributed by atoms with E-state index in [9.17, 15) is 0 Å². The fourth-order valence-corrected chi connectivity index (χ4v) is 0.631. The Hall–Kier alpha value is -1.12. The number of allylic oxidation sites excluding steroid dienone is 1. The van der Waals surface area contributed by atoms with Gasteiger partial charge < -0.3 is 0 Å². The Kier molecular flexibility index (Phi) is 89.1. The quantitative estimate of drug-likeness (QED) is 0.479. The van der Waals surface area contributed by atoms with Crippen molar-refractivity contribution in [2.45, 2.75) is 27.7 Å². The summed E-state index contributed by atoms with van der Waals surface area (Å²) >= 11 is 2.76. The molecule has 0 aliphatic heterocycles. The Morgan fingerprint density at radius 3 is 0.944 bits per heavy atom. The second kappa shape index (κ2) is 44.6. The van der Waals surface area contributed by atoms with Gasteiger partial charge >= 0.3 is 116 Å². The van der Waals surface area contributed by atoms with E-state index in [0.29, 0.717) is 0 Å². The van der Waals surface area contributed by atoms with Gasteiger partial charge in [0.25, 0.3) is 0 Å². The van der Waals surface area contributed by atoms with Crippen molar-refractivity contribution in [2.24, 2.45) is 5.41 Å². The zero-order valence-electron chi connectivity index (χ0n) is 10.4. The molecule has 0 heterocycles. The molecule has 0 aliphatic rings. The zero-order valence-corrected chi connectivity index (χ0v) is 11.7. The third-order valence-electron chi connectivity index (χ3n) is 1.28. The van der Waals surface area contributed by atoms with Crippen LogP contribution in [0.15, 0.2) is 5.57 Å². The molecule has 0 aliphatic carbocycles. The maximum absolute atomic E-state index is 7.50. The van der Waals surface area contributed by atoms with Crippen LogP contribution in [-0.4, -0.2) is 4.54 Å². The maximum atomic E-state index is 7.50. The summed E-state index contributed by atoms with van der Waals surface area (Å²) < 4.78 is 40.5. The van der Waals surface area contributed by atoms with Crippen LogP contribution < -0.4 is 0 Å². The molecule has 18 heavy (non-hydrogen) atoms. The van der Waals surface area contributed by atoms with Crippen LogP contribution in [0, 0.1) is 38.7 Å².